The third-order valence-electron chi connectivity index (χ3n) is 3.71. The molecule has 0 bridgehead atoms. The van der Waals surface area contributed by atoms with E-state index < -0.39 is 5.63 Å². The predicted octanol–water partition coefficient (Wildman–Crippen LogP) is 2.62. The fourth-order valence-corrected chi connectivity index (χ4v) is 2.90. The van der Waals surface area contributed by atoms with Crippen molar-refractivity contribution in [2.24, 2.45) is 0 Å². The van der Waals surface area contributed by atoms with Crippen LogP contribution in [-0.4, -0.2) is 37.1 Å². The predicted molar refractivity (Wildman–Crippen MR) is 90.7 cm³/mol. The van der Waals surface area contributed by atoms with Crippen LogP contribution in [0.1, 0.15) is 16.1 Å². The second-order valence-corrected chi connectivity index (χ2v) is 6.37. The van der Waals surface area contributed by atoms with Crippen LogP contribution in [0.3, 0.4) is 0 Å². The number of benzene rings is 1. The molecule has 24 heavy (non-hydrogen) atoms. The third kappa shape index (κ3) is 3.46. The van der Waals surface area contributed by atoms with Crippen molar-refractivity contribution in [3.8, 4) is 11.5 Å². The molecule has 1 fully saturated rings. The first-order valence-electron chi connectivity index (χ1n) is 7.37. The summed E-state index contributed by atoms with van der Waals surface area (Å²) in [6.45, 7) is 2.61. The maximum Gasteiger partial charge on any atom is 0.339 e. The first-order chi connectivity index (χ1) is 11.5. The van der Waals surface area contributed by atoms with E-state index in [0.717, 1.165) is 0 Å². The van der Waals surface area contributed by atoms with Crippen molar-refractivity contribution in [2.45, 2.75) is 13.0 Å². The van der Waals surface area contributed by atoms with E-state index in [2.05, 4.69) is 15.9 Å². The van der Waals surface area contributed by atoms with Crippen LogP contribution in [0.15, 0.2) is 44.0 Å². The van der Waals surface area contributed by atoms with E-state index in [0.29, 0.717) is 40.4 Å². The summed E-state index contributed by atoms with van der Waals surface area (Å²) in [5.74, 6) is 1.49. The van der Waals surface area contributed by atoms with Crippen molar-refractivity contribution in [3.63, 3.8) is 0 Å². The molecule has 0 radical (unpaired) electrons. The summed E-state index contributed by atoms with van der Waals surface area (Å²) >= 11 is 3.39. The maximum atomic E-state index is 12.5. The Hall–Kier alpha value is -2.28. The van der Waals surface area contributed by atoms with Crippen molar-refractivity contribution in [3.05, 3.63) is 56.5 Å². The molecule has 0 N–H and O–H groups in total. The van der Waals surface area contributed by atoms with Crippen molar-refractivity contribution >= 4 is 21.8 Å². The highest BCUT2D eigenvalue weighted by atomic mass is 79.9. The number of hydrogen-bond donors (Lipinski definition) is 0. The number of ether oxygens (including phenoxy) is 2. The summed E-state index contributed by atoms with van der Waals surface area (Å²) in [4.78, 5) is 25.6. The minimum Gasteiger partial charge on any atom is -0.497 e. The Kier molecular flexibility index (Phi) is 4.62. The van der Waals surface area contributed by atoms with Gasteiger partial charge in [-0.3, -0.25) is 4.79 Å². The topological polar surface area (TPSA) is 69.0 Å². The van der Waals surface area contributed by atoms with Crippen LogP contribution in [0.2, 0.25) is 0 Å². The number of methoxy groups -OCH3 is 1. The lowest BCUT2D eigenvalue weighted by molar-refractivity contribution is 0.0174. The van der Waals surface area contributed by atoms with Crippen LogP contribution < -0.4 is 15.1 Å². The van der Waals surface area contributed by atoms with E-state index >= 15 is 0 Å². The number of carbonyl (C=O) groups excluding carboxylic acids is 1. The van der Waals surface area contributed by atoms with Gasteiger partial charge in [0.1, 0.15) is 23.4 Å². The number of rotatable bonds is 4. The molecule has 2 heterocycles. The molecule has 0 unspecified atom stereocenters. The molecule has 1 amide bonds. The van der Waals surface area contributed by atoms with Gasteiger partial charge >= 0.3 is 5.63 Å². The van der Waals surface area contributed by atoms with Gasteiger partial charge in [-0.05, 0) is 41.1 Å². The molecule has 1 aromatic carbocycles. The highest BCUT2D eigenvalue weighted by Gasteiger charge is 2.33. The molecule has 6 nitrogen and oxygen atoms in total. The lowest BCUT2D eigenvalue weighted by atomic mass is 10.1. The minimum absolute atomic E-state index is 0.0932. The fourth-order valence-electron chi connectivity index (χ4n) is 2.48. The molecular weight excluding hydrogens is 378 g/mol. The van der Waals surface area contributed by atoms with Gasteiger partial charge in [-0.25, -0.2) is 4.79 Å². The number of nitrogens with zero attached hydrogens (tertiary/aromatic N) is 1. The minimum atomic E-state index is -0.447. The molecule has 1 aromatic heterocycles. The van der Waals surface area contributed by atoms with Gasteiger partial charge in [0.2, 0.25) is 0 Å². The Balaban J connectivity index is 1.64. The molecule has 0 saturated carbocycles. The summed E-state index contributed by atoms with van der Waals surface area (Å²) in [5, 5.41) is 0. The Bertz CT molecular complexity index is 826. The van der Waals surface area contributed by atoms with E-state index in [1.54, 1.807) is 43.2 Å². The van der Waals surface area contributed by atoms with Crippen molar-refractivity contribution < 1.29 is 18.7 Å². The van der Waals surface area contributed by atoms with Gasteiger partial charge in [0, 0.05) is 10.5 Å². The lowest BCUT2D eigenvalue weighted by Crippen LogP contribution is -2.56. The Labute approximate surface area is 147 Å². The van der Waals surface area contributed by atoms with Gasteiger partial charge in [0.15, 0.2) is 0 Å². The monoisotopic (exact) mass is 393 g/mol. The van der Waals surface area contributed by atoms with Crippen molar-refractivity contribution in [1.29, 1.82) is 0 Å². The highest BCUT2D eigenvalue weighted by molar-refractivity contribution is 9.10. The number of carbonyl (C=O) groups is 1. The molecule has 1 saturated heterocycles. The van der Waals surface area contributed by atoms with Crippen LogP contribution in [0, 0.1) is 6.92 Å². The van der Waals surface area contributed by atoms with E-state index in [4.69, 9.17) is 13.9 Å². The van der Waals surface area contributed by atoms with Crippen molar-refractivity contribution in [2.75, 3.05) is 20.2 Å². The van der Waals surface area contributed by atoms with Gasteiger partial charge in [0.25, 0.3) is 5.91 Å². The van der Waals surface area contributed by atoms with E-state index in [-0.39, 0.29) is 12.0 Å². The van der Waals surface area contributed by atoms with Crippen molar-refractivity contribution in [1.82, 2.24) is 4.90 Å². The second kappa shape index (κ2) is 6.68. The normalized spacial score (nSPS) is 14.2. The second-order valence-electron chi connectivity index (χ2n) is 5.52. The van der Waals surface area contributed by atoms with Gasteiger partial charge in [-0.15, -0.1) is 0 Å². The quantitative estimate of drug-likeness (QED) is 0.798. The van der Waals surface area contributed by atoms with Crippen LogP contribution in [0.25, 0.3) is 0 Å². The molecule has 3 rings (SSSR count). The molecular formula is C17H16BrNO5. The molecule has 1 aliphatic heterocycles. The fraction of sp³-hybridized carbons (Fsp3) is 0.294. The zero-order valence-corrected chi connectivity index (χ0v) is 14.8. The Morgan fingerprint density at radius 1 is 1.25 bits per heavy atom. The zero-order valence-electron chi connectivity index (χ0n) is 13.2. The number of hydrogen-bond acceptors (Lipinski definition) is 5. The average Bonchev–Trinajstić information content (AvgIpc) is 2.49. The first kappa shape index (κ1) is 16.6. The largest absolute Gasteiger partial charge is 0.497 e. The number of likely N-dealkylation sites (tertiary alicyclic amines) is 1. The van der Waals surface area contributed by atoms with Gasteiger partial charge < -0.3 is 18.8 Å². The first-order valence-corrected chi connectivity index (χ1v) is 8.17. The summed E-state index contributed by atoms with van der Waals surface area (Å²) in [6, 6.07) is 8.23. The van der Waals surface area contributed by atoms with Gasteiger partial charge in [0.05, 0.1) is 31.8 Å². The SMILES string of the molecule is COc1ccc(Br)c(C(=O)N2CC(Oc3cc(C)oc(=O)c3)C2)c1. The molecule has 0 spiro atoms. The summed E-state index contributed by atoms with van der Waals surface area (Å²) < 4.78 is 16.5. The van der Waals surface area contributed by atoms with Crippen LogP contribution in [-0.2, 0) is 0 Å². The van der Waals surface area contributed by atoms with E-state index in [9.17, 15) is 9.59 Å². The number of aryl methyl sites for hydroxylation is 1. The molecule has 2 aromatic rings. The average molecular weight is 394 g/mol. The maximum absolute atomic E-state index is 12.5. The number of amides is 1. The molecule has 7 heteroatoms. The van der Waals surface area contributed by atoms with Crippen LogP contribution in [0.5, 0.6) is 11.5 Å². The zero-order chi connectivity index (χ0) is 17.3. The molecule has 126 valence electrons. The Morgan fingerprint density at radius 2 is 2.00 bits per heavy atom. The molecule has 1 aliphatic rings. The van der Waals surface area contributed by atoms with E-state index in [1.165, 1.54) is 6.07 Å². The third-order valence-corrected chi connectivity index (χ3v) is 4.40. The molecule has 0 atom stereocenters. The van der Waals surface area contributed by atoms with Gasteiger partial charge in [-0.1, -0.05) is 0 Å². The Morgan fingerprint density at radius 3 is 2.67 bits per heavy atom. The smallest absolute Gasteiger partial charge is 0.339 e. The van der Waals surface area contributed by atoms with Crippen LogP contribution >= 0.6 is 15.9 Å². The standard InChI is InChI=1S/C17H16BrNO5/c1-10-5-12(7-16(20)23-10)24-13-8-19(9-13)17(21)14-6-11(22-2)3-4-15(14)18/h3-7,13H,8-9H2,1-2H3. The number of halogens is 1. The lowest BCUT2D eigenvalue weighted by Gasteiger charge is -2.39. The van der Waals surface area contributed by atoms with E-state index in [1.807, 2.05) is 0 Å². The van der Waals surface area contributed by atoms with Crippen LogP contribution in [0.4, 0.5) is 0 Å². The molecule has 0 aliphatic carbocycles. The summed E-state index contributed by atoms with van der Waals surface area (Å²) in [5.41, 5.74) is 0.0987. The summed E-state index contributed by atoms with van der Waals surface area (Å²) in [6.07, 6.45) is -0.139. The highest BCUT2D eigenvalue weighted by Crippen LogP contribution is 2.26. The summed E-state index contributed by atoms with van der Waals surface area (Å²) in [7, 11) is 1.56. The van der Waals surface area contributed by atoms with Gasteiger partial charge in [-0.2, -0.15) is 0 Å².